The molecule has 104 valence electrons. The molecule has 6 nitrogen and oxygen atoms in total. The van der Waals surface area contributed by atoms with Crippen molar-refractivity contribution in [1.29, 1.82) is 0 Å². The Balaban J connectivity index is 2.25. The number of ether oxygens (including phenoxy) is 1. The molecule has 0 saturated carbocycles. The monoisotopic (exact) mass is 264 g/mol. The number of nitrogens with one attached hydrogen (secondary N) is 1. The van der Waals surface area contributed by atoms with Crippen LogP contribution in [0, 0.1) is 13.8 Å². The number of aryl methyl sites for hydroxylation is 2. The van der Waals surface area contributed by atoms with Crippen molar-refractivity contribution < 1.29 is 9.53 Å². The molecular formula is C13H20N4O2. The number of hydrogen-bond donors (Lipinski definition) is 1. The van der Waals surface area contributed by atoms with Crippen LogP contribution in [0.1, 0.15) is 18.4 Å². The van der Waals surface area contributed by atoms with E-state index in [1.807, 2.05) is 31.7 Å². The van der Waals surface area contributed by atoms with E-state index in [0.29, 0.717) is 13.2 Å². The molecule has 19 heavy (non-hydrogen) atoms. The molecule has 1 N–H and O–H groups in total. The number of nitrogens with zero attached hydrogens (tertiary/aromatic N) is 3. The van der Waals surface area contributed by atoms with Gasteiger partial charge in [0.15, 0.2) is 0 Å². The third-order valence-corrected chi connectivity index (χ3v) is 3.05. The Hall–Kier alpha value is -1.69. The van der Waals surface area contributed by atoms with Gasteiger partial charge in [0.1, 0.15) is 17.7 Å². The van der Waals surface area contributed by atoms with Gasteiger partial charge in [-0.25, -0.2) is 14.8 Å². The van der Waals surface area contributed by atoms with Crippen molar-refractivity contribution in [3.05, 3.63) is 17.6 Å². The first kappa shape index (κ1) is 13.7. The molecule has 1 aliphatic heterocycles. The van der Waals surface area contributed by atoms with Crippen molar-refractivity contribution in [2.45, 2.75) is 26.8 Å². The molecule has 1 aromatic rings. The topological polar surface area (TPSA) is 67.3 Å². The van der Waals surface area contributed by atoms with Crippen molar-refractivity contribution in [3.8, 4) is 0 Å². The van der Waals surface area contributed by atoms with Crippen LogP contribution in [-0.4, -0.2) is 48.2 Å². The van der Waals surface area contributed by atoms with E-state index in [9.17, 15) is 4.79 Å². The van der Waals surface area contributed by atoms with Gasteiger partial charge in [-0.1, -0.05) is 0 Å². The molecule has 0 aliphatic carbocycles. The average Bonchev–Trinajstić information content (AvgIpc) is 2.38. The number of esters is 1. The minimum Gasteiger partial charge on any atom is -0.464 e. The number of rotatable bonds is 3. The summed E-state index contributed by atoms with van der Waals surface area (Å²) in [5.41, 5.74) is 0.906. The average molecular weight is 264 g/mol. The SMILES string of the molecule is CCOC(=O)C1CNCCN1c1cc(C)nc(C)n1. The van der Waals surface area contributed by atoms with Crippen molar-refractivity contribution >= 4 is 11.8 Å². The Bertz CT molecular complexity index is 444. The fraction of sp³-hybridized carbons (Fsp3) is 0.615. The van der Waals surface area contributed by atoms with E-state index in [4.69, 9.17) is 4.74 Å². The van der Waals surface area contributed by atoms with Crippen LogP contribution in [0.4, 0.5) is 5.82 Å². The highest BCUT2D eigenvalue weighted by Crippen LogP contribution is 2.17. The highest BCUT2D eigenvalue weighted by atomic mass is 16.5. The van der Waals surface area contributed by atoms with E-state index in [1.54, 1.807) is 0 Å². The number of carbonyl (C=O) groups excluding carboxylic acids is 1. The fourth-order valence-corrected chi connectivity index (χ4v) is 2.27. The largest absolute Gasteiger partial charge is 0.464 e. The second kappa shape index (κ2) is 5.97. The Labute approximate surface area is 113 Å². The molecular weight excluding hydrogens is 244 g/mol. The molecule has 1 saturated heterocycles. The molecule has 1 atom stereocenters. The molecule has 6 heteroatoms. The summed E-state index contributed by atoms with van der Waals surface area (Å²) < 4.78 is 5.13. The van der Waals surface area contributed by atoms with Gasteiger partial charge in [0, 0.05) is 31.4 Å². The van der Waals surface area contributed by atoms with Gasteiger partial charge >= 0.3 is 5.97 Å². The highest BCUT2D eigenvalue weighted by Gasteiger charge is 2.30. The zero-order valence-corrected chi connectivity index (χ0v) is 11.6. The van der Waals surface area contributed by atoms with Gasteiger partial charge in [-0.15, -0.1) is 0 Å². The Morgan fingerprint density at radius 1 is 1.53 bits per heavy atom. The quantitative estimate of drug-likeness (QED) is 0.799. The van der Waals surface area contributed by atoms with E-state index in [1.165, 1.54) is 0 Å². The summed E-state index contributed by atoms with van der Waals surface area (Å²) in [5.74, 6) is 1.31. The zero-order valence-electron chi connectivity index (χ0n) is 11.6. The molecule has 0 radical (unpaired) electrons. The van der Waals surface area contributed by atoms with Gasteiger partial charge in [0.2, 0.25) is 0 Å². The lowest BCUT2D eigenvalue weighted by molar-refractivity contribution is -0.144. The molecule has 2 rings (SSSR count). The summed E-state index contributed by atoms with van der Waals surface area (Å²) in [5, 5.41) is 3.22. The van der Waals surface area contributed by atoms with Crippen LogP contribution >= 0.6 is 0 Å². The predicted molar refractivity (Wildman–Crippen MR) is 72.1 cm³/mol. The minimum absolute atomic E-state index is 0.205. The van der Waals surface area contributed by atoms with E-state index in [0.717, 1.165) is 30.4 Å². The van der Waals surface area contributed by atoms with Gasteiger partial charge in [0.05, 0.1) is 6.61 Å². The molecule has 1 unspecified atom stereocenters. The van der Waals surface area contributed by atoms with E-state index in [-0.39, 0.29) is 12.0 Å². The van der Waals surface area contributed by atoms with Crippen LogP contribution in [0.3, 0.4) is 0 Å². The van der Waals surface area contributed by atoms with Crippen molar-refractivity contribution in [2.24, 2.45) is 0 Å². The maximum Gasteiger partial charge on any atom is 0.330 e. The lowest BCUT2D eigenvalue weighted by Crippen LogP contribution is -2.56. The van der Waals surface area contributed by atoms with Crippen LogP contribution in [-0.2, 0) is 9.53 Å². The highest BCUT2D eigenvalue weighted by molar-refractivity contribution is 5.80. The molecule has 0 amide bonds. The smallest absolute Gasteiger partial charge is 0.330 e. The molecule has 1 fully saturated rings. The normalized spacial score (nSPS) is 19.3. The van der Waals surface area contributed by atoms with Gasteiger partial charge in [-0.2, -0.15) is 0 Å². The van der Waals surface area contributed by atoms with Crippen molar-refractivity contribution in [2.75, 3.05) is 31.1 Å². The first-order chi connectivity index (χ1) is 9.11. The lowest BCUT2D eigenvalue weighted by Gasteiger charge is -2.35. The molecule has 0 aromatic carbocycles. The Morgan fingerprint density at radius 2 is 2.32 bits per heavy atom. The minimum atomic E-state index is -0.317. The van der Waals surface area contributed by atoms with E-state index < -0.39 is 0 Å². The van der Waals surface area contributed by atoms with Crippen molar-refractivity contribution in [3.63, 3.8) is 0 Å². The van der Waals surface area contributed by atoms with E-state index in [2.05, 4.69) is 15.3 Å². The number of aromatic nitrogens is 2. The first-order valence-electron chi connectivity index (χ1n) is 6.58. The van der Waals surface area contributed by atoms with Crippen LogP contribution < -0.4 is 10.2 Å². The summed E-state index contributed by atoms with van der Waals surface area (Å²) in [7, 11) is 0. The maximum atomic E-state index is 12.0. The molecule has 0 spiro atoms. The van der Waals surface area contributed by atoms with Crippen LogP contribution in [0.5, 0.6) is 0 Å². The second-order valence-electron chi connectivity index (χ2n) is 4.58. The number of piperazine rings is 1. The fourth-order valence-electron chi connectivity index (χ4n) is 2.27. The van der Waals surface area contributed by atoms with Gasteiger partial charge in [-0.3, -0.25) is 0 Å². The zero-order chi connectivity index (χ0) is 13.8. The van der Waals surface area contributed by atoms with Gasteiger partial charge in [0.25, 0.3) is 0 Å². The first-order valence-corrected chi connectivity index (χ1v) is 6.58. The summed E-state index contributed by atoms with van der Waals surface area (Å²) >= 11 is 0. The summed E-state index contributed by atoms with van der Waals surface area (Å²) in [6.07, 6.45) is 0. The lowest BCUT2D eigenvalue weighted by atomic mass is 10.2. The predicted octanol–water partition coefficient (Wildman–Crippen LogP) is 0.435. The Kier molecular flexibility index (Phi) is 4.31. The van der Waals surface area contributed by atoms with Gasteiger partial charge < -0.3 is 15.0 Å². The molecule has 1 aliphatic rings. The van der Waals surface area contributed by atoms with Crippen LogP contribution in [0.15, 0.2) is 6.07 Å². The third kappa shape index (κ3) is 3.20. The summed E-state index contributed by atoms with van der Waals surface area (Å²) in [4.78, 5) is 22.7. The third-order valence-electron chi connectivity index (χ3n) is 3.05. The number of hydrogen-bond acceptors (Lipinski definition) is 6. The molecule has 2 heterocycles. The van der Waals surface area contributed by atoms with E-state index >= 15 is 0 Å². The number of carbonyl (C=O) groups is 1. The van der Waals surface area contributed by atoms with Crippen LogP contribution in [0.25, 0.3) is 0 Å². The standard InChI is InChI=1S/C13H20N4O2/c1-4-19-13(18)11-8-14-5-6-17(11)12-7-9(2)15-10(3)16-12/h7,11,14H,4-6,8H2,1-3H3. The number of anilines is 1. The van der Waals surface area contributed by atoms with Crippen molar-refractivity contribution in [1.82, 2.24) is 15.3 Å². The summed E-state index contributed by atoms with van der Waals surface area (Å²) in [6.45, 7) is 8.15. The second-order valence-corrected chi connectivity index (χ2v) is 4.58. The van der Waals surface area contributed by atoms with Crippen LogP contribution in [0.2, 0.25) is 0 Å². The molecule has 0 bridgehead atoms. The molecule has 1 aromatic heterocycles. The summed E-state index contributed by atoms with van der Waals surface area (Å²) in [6, 6.07) is 1.59. The Morgan fingerprint density at radius 3 is 3.00 bits per heavy atom. The maximum absolute atomic E-state index is 12.0. The van der Waals surface area contributed by atoms with Gasteiger partial charge in [-0.05, 0) is 20.8 Å².